The molecule has 0 saturated heterocycles. The minimum atomic E-state index is -1.10. The molecule has 2 atom stereocenters. The molecule has 7 heteroatoms. The number of carboxylic acids is 1. The number of esters is 1. The molecule has 4 saturated carbocycles. The zero-order chi connectivity index (χ0) is 19.3. The average molecular weight is 404 g/mol. The van der Waals surface area contributed by atoms with E-state index in [1.165, 1.54) is 50.3 Å². The minimum Gasteiger partial charge on any atom is -0.478 e. The van der Waals surface area contributed by atoms with Gasteiger partial charge in [0.2, 0.25) is 6.10 Å². The van der Waals surface area contributed by atoms with Gasteiger partial charge in [-0.2, -0.15) is 24.4 Å². The largest absolute Gasteiger partial charge is 0.478 e. The van der Waals surface area contributed by atoms with Crippen molar-refractivity contribution in [2.75, 3.05) is 17.3 Å². The Morgan fingerprint density at radius 3 is 2.08 bits per heavy atom. The van der Waals surface area contributed by atoms with Crippen LogP contribution in [0.3, 0.4) is 0 Å². The van der Waals surface area contributed by atoms with Crippen LogP contribution in [0, 0.1) is 23.7 Å². The lowest BCUT2D eigenvalue weighted by molar-refractivity contribution is -0.164. The van der Waals surface area contributed by atoms with Crippen molar-refractivity contribution in [1.29, 1.82) is 0 Å². The normalized spacial score (nSPS) is 33.8. The van der Waals surface area contributed by atoms with E-state index in [-0.39, 0.29) is 11.7 Å². The molecule has 4 bridgehead atoms. The smallest absolute Gasteiger partial charge is 0.345 e. The second-order valence-electron chi connectivity index (χ2n) is 8.29. The van der Waals surface area contributed by atoms with Crippen LogP contribution < -0.4 is 5.73 Å². The maximum Gasteiger partial charge on any atom is 0.345 e. The first kappa shape index (κ1) is 21.9. The van der Waals surface area contributed by atoms with Gasteiger partial charge in [0, 0.05) is 17.0 Å². The lowest BCUT2D eigenvalue weighted by atomic mass is 9.53. The number of aliphatic carboxylic acids is 1. The van der Waals surface area contributed by atoms with Crippen molar-refractivity contribution in [3.8, 4) is 0 Å². The van der Waals surface area contributed by atoms with Crippen molar-refractivity contribution >= 4 is 36.3 Å². The molecule has 0 aliphatic heterocycles. The van der Waals surface area contributed by atoms with E-state index in [0.29, 0.717) is 11.3 Å². The molecular weight excluding hydrogens is 370 g/mol. The molecule has 0 radical (unpaired) electrons. The topological polar surface area (TPSA) is 89.6 Å². The number of hydrogen-bond donors (Lipinski definition) is 3. The van der Waals surface area contributed by atoms with Crippen LogP contribution in [0.15, 0.2) is 0 Å². The van der Waals surface area contributed by atoms with Crippen LogP contribution in [-0.2, 0) is 14.3 Å². The van der Waals surface area contributed by atoms with Gasteiger partial charge in [-0.25, -0.2) is 4.79 Å². The Hall–Kier alpha value is -0.400. The Morgan fingerprint density at radius 2 is 1.73 bits per heavy atom. The van der Waals surface area contributed by atoms with Crippen molar-refractivity contribution in [2.45, 2.75) is 64.0 Å². The molecule has 4 aliphatic carbocycles. The molecule has 5 nitrogen and oxygen atoms in total. The number of carbonyl (C=O) groups excluding carboxylic acids is 1. The van der Waals surface area contributed by atoms with Gasteiger partial charge in [0.15, 0.2) is 0 Å². The zero-order valence-electron chi connectivity index (χ0n) is 15.9. The number of rotatable bonds is 7. The molecule has 0 aromatic heterocycles. The lowest BCUT2D eigenvalue weighted by Gasteiger charge is -2.55. The summed E-state index contributed by atoms with van der Waals surface area (Å²) in [7, 11) is 0. The predicted octanol–water partition coefficient (Wildman–Crippen LogP) is 3.22. The lowest BCUT2D eigenvalue weighted by Crippen LogP contribution is -2.55. The van der Waals surface area contributed by atoms with Crippen molar-refractivity contribution in [3.63, 3.8) is 0 Å². The summed E-state index contributed by atoms with van der Waals surface area (Å²) < 4.78 is 4.86. The molecule has 0 unspecified atom stereocenters. The molecule has 26 heavy (non-hydrogen) atoms. The summed E-state index contributed by atoms with van der Waals surface area (Å²) >= 11 is 5.37. The van der Waals surface area contributed by atoms with E-state index in [1.54, 1.807) is 6.92 Å². The first-order valence-electron chi connectivity index (χ1n) is 9.67. The van der Waals surface area contributed by atoms with Crippen LogP contribution in [0.5, 0.6) is 0 Å². The van der Waals surface area contributed by atoms with Gasteiger partial charge in [0.25, 0.3) is 0 Å². The van der Waals surface area contributed by atoms with Crippen LogP contribution in [-0.4, -0.2) is 45.9 Å². The van der Waals surface area contributed by atoms with Gasteiger partial charge in [-0.05, 0) is 62.0 Å². The fourth-order valence-corrected chi connectivity index (χ4v) is 5.70. The number of thiol groups is 1. The summed E-state index contributed by atoms with van der Waals surface area (Å²) in [5.74, 6) is 2.52. The van der Waals surface area contributed by atoms with Gasteiger partial charge < -0.3 is 15.6 Å². The summed E-state index contributed by atoms with van der Waals surface area (Å²) in [6.45, 7) is 3.57. The first-order chi connectivity index (χ1) is 12.3. The maximum absolute atomic E-state index is 11.3. The molecule has 150 valence electrons. The van der Waals surface area contributed by atoms with E-state index in [4.69, 9.17) is 15.6 Å². The van der Waals surface area contributed by atoms with Crippen LogP contribution >= 0.6 is 24.4 Å². The Balaban J connectivity index is 0.000000193. The Kier molecular flexibility index (Phi) is 8.16. The van der Waals surface area contributed by atoms with Crippen LogP contribution in [0.25, 0.3) is 0 Å². The van der Waals surface area contributed by atoms with Gasteiger partial charge in [0.1, 0.15) is 0 Å². The molecule has 0 spiro atoms. The standard InChI is InChI=1S/C10H17N.C9H16O4S2/c11-10-4-7-1-8(5-10)3-9(2-7)6-10;1-3-15-5-7(8(10)11)13-9(12)6(2)4-14/h7-9H,1-6,11H2;6-7,14H,3-5H2,1-2H3,(H,10,11)/t;6-,7+/m.1/s1. The molecule has 4 fully saturated rings. The second kappa shape index (κ2) is 9.69. The molecular formula is C19H33NO4S2. The number of carboxylic acid groups (broad SMARTS) is 1. The fourth-order valence-electron chi connectivity index (χ4n) is 4.89. The molecule has 4 aliphatic rings. The third-order valence-electron chi connectivity index (χ3n) is 5.77. The van der Waals surface area contributed by atoms with E-state index in [2.05, 4.69) is 12.6 Å². The highest BCUT2D eigenvalue weighted by Crippen LogP contribution is 2.54. The number of carbonyl (C=O) groups is 2. The molecule has 0 aromatic rings. The van der Waals surface area contributed by atoms with Gasteiger partial charge in [-0.1, -0.05) is 13.8 Å². The average Bonchev–Trinajstić information content (AvgIpc) is 2.55. The Bertz CT molecular complexity index is 465. The number of nitrogens with two attached hydrogens (primary N) is 1. The summed E-state index contributed by atoms with van der Waals surface area (Å²) in [5, 5.41) is 8.79. The Morgan fingerprint density at radius 1 is 1.23 bits per heavy atom. The van der Waals surface area contributed by atoms with E-state index < -0.39 is 18.0 Å². The minimum absolute atomic E-state index is 0.289. The Labute approximate surface area is 166 Å². The van der Waals surface area contributed by atoms with Crippen molar-refractivity contribution in [2.24, 2.45) is 29.4 Å². The van der Waals surface area contributed by atoms with Gasteiger partial charge >= 0.3 is 11.9 Å². The monoisotopic (exact) mass is 403 g/mol. The first-order valence-corrected chi connectivity index (χ1v) is 11.5. The predicted molar refractivity (Wildman–Crippen MR) is 109 cm³/mol. The van der Waals surface area contributed by atoms with Gasteiger partial charge in [0.05, 0.1) is 5.92 Å². The summed E-state index contributed by atoms with van der Waals surface area (Å²) in [4.78, 5) is 22.1. The van der Waals surface area contributed by atoms with Crippen molar-refractivity contribution in [3.05, 3.63) is 0 Å². The molecule has 0 heterocycles. The van der Waals surface area contributed by atoms with Gasteiger partial charge in [-0.3, -0.25) is 4.79 Å². The summed E-state index contributed by atoms with van der Waals surface area (Å²) in [6.07, 6.45) is 7.52. The fraction of sp³-hybridized carbons (Fsp3) is 0.895. The quantitative estimate of drug-likeness (QED) is 0.447. The number of thioether (sulfide) groups is 1. The molecule has 3 N–H and O–H groups in total. The zero-order valence-corrected chi connectivity index (χ0v) is 17.6. The third-order valence-corrected chi connectivity index (χ3v) is 7.26. The highest BCUT2D eigenvalue weighted by molar-refractivity contribution is 7.99. The molecule has 0 aromatic carbocycles. The van der Waals surface area contributed by atoms with Crippen LogP contribution in [0.4, 0.5) is 0 Å². The summed E-state index contributed by atoms with van der Waals surface area (Å²) in [6, 6.07) is 0. The van der Waals surface area contributed by atoms with E-state index in [0.717, 1.165) is 23.5 Å². The van der Waals surface area contributed by atoms with E-state index in [9.17, 15) is 9.59 Å². The van der Waals surface area contributed by atoms with E-state index >= 15 is 0 Å². The second-order valence-corrected chi connectivity index (χ2v) is 9.97. The van der Waals surface area contributed by atoms with Gasteiger partial charge in [-0.15, -0.1) is 0 Å². The van der Waals surface area contributed by atoms with E-state index in [1.807, 2.05) is 6.92 Å². The van der Waals surface area contributed by atoms with Crippen LogP contribution in [0.2, 0.25) is 0 Å². The molecule has 0 amide bonds. The molecule has 4 rings (SSSR count). The highest BCUT2D eigenvalue weighted by Gasteiger charge is 2.48. The number of ether oxygens (including phenoxy) is 1. The van der Waals surface area contributed by atoms with Crippen molar-refractivity contribution < 1.29 is 19.4 Å². The number of hydrogen-bond acceptors (Lipinski definition) is 6. The van der Waals surface area contributed by atoms with Crippen molar-refractivity contribution in [1.82, 2.24) is 0 Å². The third kappa shape index (κ3) is 6.06. The SMILES string of the molecule is CCSC[C@H](OC(=O)[C@H](C)CS)C(=O)O.NC12CC3CC(CC(C3)C1)C2. The summed E-state index contributed by atoms with van der Waals surface area (Å²) in [5.41, 5.74) is 6.62. The highest BCUT2D eigenvalue weighted by atomic mass is 32.2. The maximum atomic E-state index is 11.3. The van der Waals surface area contributed by atoms with Crippen LogP contribution in [0.1, 0.15) is 52.4 Å².